The lowest BCUT2D eigenvalue weighted by Crippen LogP contribution is -2.84. The maximum atomic E-state index is 12.2. The van der Waals surface area contributed by atoms with Crippen LogP contribution < -0.4 is 15.4 Å². The molecule has 0 aromatic heterocycles. The van der Waals surface area contributed by atoms with E-state index in [4.69, 9.17) is 16.3 Å². The Hall–Kier alpha value is -1.79. The number of hydrogen-bond donors (Lipinski definition) is 2. The molecule has 3 aliphatic carbocycles. The number of likely N-dealkylation sites (N-methyl/N-ethyl adjacent to an activating group) is 1. The molecule has 2 amide bonds. The molecule has 3 saturated carbocycles. The first kappa shape index (κ1) is 18.0. The Bertz CT molecular complexity index is 655. The van der Waals surface area contributed by atoms with Gasteiger partial charge in [0, 0.05) is 16.1 Å². The van der Waals surface area contributed by atoms with Gasteiger partial charge >= 0.3 is 0 Å². The number of benzene rings is 1. The molecular weight excluding hydrogens is 342 g/mol. The van der Waals surface area contributed by atoms with Crippen molar-refractivity contribution in [1.82, 2.24) is 15.5 Å². The highest BCUT2D eigenvalue weighted by molar-refractivity contribution is 6.30. The molecule has 25 heavy (non-hydrogen) atoms. The van der Waals surface area contributed by atoms with Crippen molar-refractivity contribution in [2.45, 2.75) is 43.3 Å². The van der Waals surface area contributed by atoms with Crippen LogP contribution in [0.3, 0.4) is 0 Å². The van der Waals surface area contributed by atoms with Crippen LogP contribution in [0.1, 0.15) is 26.2 Å². The minimum absolute atomic E-state index is 0.0274. The van der Waals surface area contributed by atoms with E-state index in [0.717, 1.165) is 19.3 Å². The fourth-order valence-electron chi connectivity index (χ4n) is 3.66. The number of carbonyl (C=O) groups excluding carboxylic acids is 2. The van der Waals surface area contributed by atoms with Gasteiger partial charge in [-0.05, 0) is 64.5 Å². The third-order valence-corrected chi connectivity index (χ3v) is 5.41. The average molecular weight is 366 g/mol. The number of amides is 2. The van der Waals surface area contributed by atoms with E-state index in [9.17, 15) is 9.59 Å². The number of rotatable bonds is 7. The monoisotopic (exact) mass is 365 g/mol. The lowest BCUT2D eigenvalue weighted by atomic mass is 9.44. The Morgan fingerprint density at radius 2 is 1.72 bits per heavy atom. The second-order valence-electron chi connectivity index (χ2n) is 7.51. The molecule has 1 unspecified atom stereocenters. The van der Waals surface area contributed by atoms with Crippen molar-refractivity contribution in [3.05, 3.63) is 29.3 Å². The van der Waals surface area contributed by atoms with Crippen LogP contribution >= 0.6 is 11.6 Å². The molecule has 6 nitrogen and oxygen atoms in total. The molecule has 136 valence electrons. The van der Waals surface area contributed by atoms with Gasteiger partial charge in [0.1, 0.15) is 5.75 Å². The molecule has 1 aromatic carbocycles. The van der Waals surface area contributed by atoms with Crippen LogP contribution in [-0.2, 0) is 9.59 Å². The van der Waals surface area contributed by atoms with Crippen LogP contribution in [0.4, 0.5) is 0 Å². The van der Waals surface area contributed by atoms with Crippen LogP contribution in [0.25, 0.3) is 0 Å². The number of hydrogen-bond acceptors (Lipinski definition) is 4. The van der Waals surface area contributed by atoms with E-state index in [1.54, 1.807) is 24.3 Å². The average Bonchev–Trinajstić information content (AvgIpc) is 2.50. The molecule has 0 spiro atoms. The summed E-state index contributed by atoms with van der Waals surface area (Å²) < 4.78 is 5.46. The molecule has 7 heteroatoms. The topological polar surface area (TPSA) is 70.7 Å². The third-order valence-electron chi connectivity index (χ3n) is 5.16. The third kappa shape index (κ3) is 3.75. The van der Waals surface area contributed by atoms with Gasteiger partial charge in [0.05, 0.1) is 6.04 Å². The first-order chi connectivity index (χ1) is 11.7. The van der Waals surface area contributed by atoms with Gasteiger partial charge in [0.2, 0.25) is 5.91 Å². The van der Waals surface area contributed by atoms with Crippen LogP contribution in [0.5, 0.6) is 5.75 Å². The smallest absolute Gasteiger partial charge is 0.258 e. The van der Waals surface area contributed by atoms with Gasteiger partial charge in [-0.2, -0.15) is 0 Å². The van der Waals surface area contributed by atoms with Crippen LogP contribution in [0.2, 0.25) is 5.02 Å². The zero-order valence-electron chi connectivity index (χ0n) is 14.8. The fraction of sp³-hybridized carbons (Fsp3) is 0.556. The van der Waals surface area contributed by atoms with E-state index < -0.39 is 0 Å². The molecule has 1 aromatic rings. The van der Waals surface area contributed by atoms with Crippen molar-refractivity contribution < 1.29 is 14.3 Å². The van der Waals surface area contributed by atoms with Crippen molar-refractivity contribution in [2.75, 3.05) is 20.7 Å². The van der Waals surface area contributed by atoms with Gasteiger partial charge in [0.25, 0.3) is 5.91 Å². The van der Waals surface area contributed by atoms with Crippen molar-refractivity contribution in [3.63, 3.8) is 0 Å². The van der Waals surface area contributed by atoms with E-state index in [1.807, 2.05) is 25.9 Å². The van der Waals surface area contributed by atoms with Crippen LogP contribution in [0, 0.1) is 0 Å². The standard InChI is InChI=1S/C18H24ClN3O3/c1-12(22(2)3)16(24)21-18-9-17(10-18,11-18)20-15(23)8-25-14-6-4-13(19)5-7-14/h4-7,12H,8-11H2,1-3H3,(H,20,23)(H,21,24). The Balaban J connectivity index is 1.41. The summed E-state index contributed by atoms with van der Waals surface area (Å²) in [6.07, 6.45) is 2.37. The second kappa shape index (κ2) is 6.50. The Morgan fingerprint density at radius 3 is 2.28 bits per heavy atom. The van der Waals surface area contributed by atoms with Crippen molar-refractivity contribution in [2.24, 2.45) is 0 Å². The SMILES string of the molecule is CC(C(=O)NC12CC(NC(=O)COc3ccc(Cl)cc3)(C1)C2)N(C)C. The van der Waals surface area contributed by atoms with Crippen LogP contribution in [0.15, 0.2) is 24.3 Å². The largest absolute Gasteiger partial charge is 0.484 e. The molecule has 2 N–H and O–H groups in total. The number of nitrogens with one attached hydrogen (secondary N) is 2. The lowest BCUT2D eigenvalue weighted by molar-refractivity contribution is -0.152. The Labute approximate surface area is 152 Å². The molecule has 3 aliphatic rings. The summed E-state index contributed by atoms with van der Waals surface area (Å²) in [7, 11) is 3.77. The first-order valence-corrected chi connectivity index (χ1v) is 8.78. The Kier molecular flexibility index (Phi) is 4.68. The molecule has 0 radical (unpaired) electrons. The van der Waals surface area contributed by atoms with Gasteiger partial charge < -0.3 is 15.4 Å². The summed E-state index contributed by atoms with van der Waals surface area (Å²) >= 11 is 5.81. The summed E-state index contributed by atoms with van der Waals surface area (Å²) in [4.78, 5) is 26.1. The van der Waals surface area contributed by atoms with E-state index in [1.165, 1.54) is 0 Å². The first-order valence-electron chi connectivity index (χ1n) is 8.40. The van der Waals surface area contributed by atoms with Gasteiger partial charge in [-0.1, -0.05) is 11.6 Å². The molecule has 0 saturated heterocycles. The van der Waals surface area contributed by atoms with Gasteiger partial charge in [-0.15, -0.1) is 0 Å². The predicted octanol–water partition coefficient (Wildman–Crippen LogP) is 1.58. The molecule has 4 rings (SSSR count). The van der Waals surface area contributed by atoms with Crippen molar-refractivity contribution in [1.29, 1.82) is 0 Å². The zero-order chi connectivity index (χ0) is 18.2. The van der Waals surface area contributed by atoms with E-state index >= 15 is 0 Å². The minimum atomic E-state index is -0.172. The highest BCUT2D eigenvalue weighted by Gasteiger charge is 2.69. The molecule has 2 bridgehead atoms. The quantitative estimate of drug-likeness (QED) is 0.769. The number of ether oxygens (including phenoxy) is 1. The molecule has 1 atom stereocenters. The van der Waals surface area contributed by atoms with E-state index in [2.05, 4.69) is 10.6 Å². The number of nitrogens with zero attached hydrogens (tertiary/aromatic N) is 1. The fourth-order valence-corrected chi connectivity index (χ4v) is 3.79. The molecule has 3 fully saturated rings. The second-order valence-corrected chi connectivity index (χ2v) is 7.95. The van der Waals surface area contributed by atoms with Gasteiger partial charge in [-0.3, -0.25) is 14.5 Å². The molecule has 0 aliphatic heterocycles. The van der Waals surface area contributed by atoms with E-state index in [0.29, 0.717) is 10.8 Å². The zero-order valence-corrected chi connectivity index (χ0v) is 15.5. The normalized spacial score (nSPS) is 27.7. The maximum Gasteiger partial charge on any atom is 0.258 e. The van der Waals surface area contributed by atoms with Crippen LogP contribution in [-0.4, -0.2) is 54.5 Å². The lowest BCUT2D eigenvalue weighted by Gasteiger charge is -2.70. The highest BCUT2D eigenvalue weighted by Crippen LogP contribution is 2.60. The van der Waals surface area contributed by atoms with Gasteiger partial charge in [0.15, 0.2) is 6.61 Å². The predicted molar refractivity (Wildman–Crippen MR) is 95.7 cm³/mol. The molecule has 0 heterocycles. The number of halogens is 1. The minimum Gasteiger partial charge on any atom is -0.484 e. The molecular formula is C18H24ClN3O3. The summed E-state index contributed by atoms with van der Waals surface area (Å²) in [6, 6.07) is 6.74. The maximum absolute atomic E-state index is 12.2. The van der Waals surface area contributed by atoms with Gasteiger partial charge in [-0.25, -0.2) is 0 Å². The van der Waals surface area contributed by atoms with Crippen molar-refractivity contribution in [3.8, 4) is 5.75 Å². The summed E-state index contributed by atoms with van der Waals surface area (Å²) in [5, 5.41) is 6.79. The summed E-state index contributed by atoms with van der Waals surface area (Å²) in [6.45, 7) is 1.85. The van der Waals surface area contributed by atoms with Crippen molar-refractivity contribution >= 4 is 23.4 Å². The number of carbonyl (C=O) groups is 2. The summed E-state index contributed by atoms with van der Waals surface area (Å²) in [5.41, 5.74) is -0.305. The summed E-state index contributed by atoms with van der Waals surface area (Å²) in [5.74, 6) is 0.505. The van der Waals surface area contributed by atoms with E-state index in [-0.39, 0.29) is 35.5 Å². The highest BCUT2D eigenvalue weighted by atomic mass is 35.5. The Morgan fingerprint density at radius 1 is 1.16 bits per heavy atom.